The van der Waals surface area contributed by atoms with Crippen molar-refractivity contribution in [3.05, 3.63) is 42.5 Å². The van der Waals surface area contributed by atoms with Crippen molar-refractivity contribution in [2.45, 2.75) is 12.5 Å². The molecule has 2 heteroatoms. The molecule has 1 N–H and O–H groups in total. The Morgan fingerprint density at radius 3 is 2.54 bits per heavy atom. The fourth-order valence-electron chi connectivity index (χ4n) is 1.09. The average molecular weight is 178 g/mol. The first kappa shape index (κ1) is 9.81. The number of aliphatic hydroxyl groups excluding tert-OH is 1. The van der Waals surface area contributed by atoms with Gasteiger partial charge >= 0.3 is 0 Å². The van der Waals surface area contributed by atoms with Gasteiger partial charge in [0, 0.05) is 6.42 Å². The first-order valence-electron chi connectivity index (χ1n) is 4.20. The van der Waals surface area contributed by atoms with Gasteiger partial charge in [-0.1, -0.05) is 18.2 Å². The molecule has 0 bridgehead atoms. The van der Waals surface area contributed by atoms with Crippen LogP contribution in [0.1, 0.15) is 5.56 Å². The highest BCUT2D eigenvalue weighted by Crippen LogP contribution is 2.12. The third kappa shape index (κ3) is 2.92. The Kier molecular flexibility index (Phi) is 3.53. The lowest BCUT2D eigenvalue weighted by Crippen LogP contribution is -2.05. The van der Waals surface area contributed by atoms with Crippen LogP contribution < -0.4 is 4.74 Å². The highest BCUT2D eigenvalue weighted by Gasteiger charge is 2.00. The van der Waals surface area contributed by atoms with E-state index in [1.807, 2.05) is 24.3 Å². The number of hydrogen-bond donors (Lipinski definition) is 1. The number of hydrogen-bond acceptors (Lipinski definition) is 2. The van der Waals surface area contributed by atoms with Gasteiger partial charge in [0.05, 0.1) is 13.2 Å². The van der Waals surface area contributed by atoms with Crippen molar-refractivity contribution in [1.82, 2.24) is 0 Å². The maximum atomic E-state index is 9.29. The SMILES string of the molecule is C=CC(O)Cc1ccc(OC)cc1. The minimum Gasteiger partial charge on any atom is -0.497 e. The first-order valence-corrected chi connectivity index (χ1v) is 4.20. The van der Waals surface area contributed by atoms with Crippen LogP contribution in [0.2, 0.25) is 0 Å². The lowest BCUT2D eigenvalue weighted by atomic mass is 10.1. The van der Waals surface area contributed by atoms with Crippen LogP contribution in [0.15, 0.2) is 36.9 Å². The minimum atomic E-state index is -0.464. The van der Waals surface area contributed by atoms with Gasteiger partial charge < -0.3 is 9.84 Å². The standard InChI is InChI=1S/C11H14O2/c1-3-10(12)8-9-4-6-11(13-2)7-5-9/h3-7,10,12H,1,8H2,2H3. The van der Waals surface area contributed by atoms with Gasteiger partial charge in [-0.25, -0.2) is 0 Å². The van der Waals surface area contributed by atoms with E-state index in [9.17, 15) is 5.11 Å². The molecule has 1 rings (SSSR count). The first-order chi connectivity index (χ1) is 6.26. The van der Waals surface area contributed by atoms with Crippen molar-refractivity contribution >= 4 is 0 Å². The Bertz CT molecular complexity index is 264. The number of methoxy groups -OCH3 is 1. The Hall–Kier alpha value is -1.28. The Balaban J connectivity index is 2.63. The predicted molar refractivity (Wildman–Crippen MR) is 52.9 cm³/mol. The van der Waals surface area contributed by atoms with Gasteiger partial charge in [0.15, 0.2) is 0 Å². The fraction of sp³-hybridized carbons (Fsp3) is 0.273. The van der Waals surface area contributed by atoms with E-state index in [1.165, 1.54) is 6.08 Å². The summed E-state index contributed by atoms with van der Waals surface area (Å²) in [6, 6.07) is 7.63. The number of aliphatic hydroxyl groups is 1. The maximum absolute atomic E-state index is 9.29. The van der Waals surface area contributed by atoms with Crippen molar-refractivity contribution in [2.75, 3.05) is 7.11 Å². The summed E-state index contributed by atoms with van der Waals surface area (Å²) >= 11 is 0. The molecule has 0 saturated heterocycles. The predicted octanol–water partition coefficient (Wildman–Crippen LogP) is 1.78. The molecule has 0 aliphatic heterocycles. The fourth-order valence-corrected chi connectivity index (χ4v) is 1.09. The highest BCUT2D eigenvalue weighted by molar-refractivity contribution is 5.27. The molecule has 0 aliphatic carbocycles. The van der Waals surface area contributed by atoms with Gasteiger partial charge in [-0.3, -0.25) is 0 Å². The molecule has 0 aromatic heterocycles. The van der Waals surface area contributed by atoms with Crippen molar-refractivity contribution in [3.8, 4) is 5.75 Å². The molecule has 1 atom stereocenters. The second kappa shape index (κ2) is 4.67. The quantitative estimate of drug-likeness (QED) is 0.712. The molecule has 70 valence electrons. The summed E-state index contributed by atoms with van der Waals surface area (Å²) in [5.74, 6) is 0.830. The zero-order chi connectivity index (χ0) is 9.68. The molecule has 1 unspecified atom stereocenters. The number of benzene rings is 1. The van der Waals surface area contributed by atoms with E-state index in [0.29, 0.717) is 6.42 Å². The van der Waals surface area contributed by atoms with Gasteiger partial charge in [-0.2, -0.15) is 0 Å². The second-order valence-corrected chi connectivity index (χ2v) is 2.86. The molecule has 0 saturated carbocycles. The molecule has 0 heterocycles. The van der Waals surface area contributed by atoms with Crippen LogP contribution in [0.5, 0.6) is 5.75 Å². The normalized spacial score (nSPS) is 12.2. The van der Waals surface area contributed by atoms with E-state index in [4.69, 9.17) is 4.74 Å². The van der Waals surface area contributed by atoms with E-state index in [0.717, 1.165) is 11.3 Å². The third-order valence-corrected chi connectivity index (χ3v) is 1.88. The van der Waals surface area contributed by atoms with Crippen LogP contribution in [0, 0.1) is 0 Å². The van der Waals surface area contributed by atoms with Gasteiger partial charge in [0.1, 0.15) is 5.75 Å². The zero-order valence-corrected chi connectivity index (χ0v) is 7.73. The Morgan fingerprint density at radius 1 is 1.46 bits per heavy atom. The van der Waals surface area contributed by atoms with Crippen LogP contribution >= 0.6 is 0 Å². The Labute approximate surface area is 78.5 Å². The average Bonchev–Trinajstić information content (AvgIpc) is 2.19. The molecule has 2 nitrogen and oxygen atoms in total. The molecule has 13 heavy (non-hydrogen) atoms. The summed E-state index contributed by atoms with van der Waals surface area (Å²) in [5.41, 5.74) is 1.08. The molecule has 0 radical (unpaired) electrons. The molecule has 1 aromatic rings. The summed E-state index contributed by atoms with van der Waals surface area (Å²) in [4.78, 5) is 0. The van der Waals surface area contributed by atoms with Crippen LogP contribution in [0.3, 0.4) is 0 Å². The van der Waals surface area contributed by atoms with Crippen molar-refractivity contribution in [2.24, 2.45) is 0 Å². The van der Waals surface area contributed by atoms with Crippen LogP contribution in [-0.4, -0.2) is 18.3 Å². The van der Waals surface area contributed by atoms with Crippen LogP contribution in [0.4, 0.5) is 0 Å². The van der Waals surface area contributed by atoms with E-state index in [-0.39, 0.29) is 0 Å². The molecule has 0 amide bonds. The molecule has 0 spiro atoms. The lowest BCUT2D eigenvalue weighted by molar-refractivity contribution is 0.224. The summed E-state index contributed by atoms with van der Waals surface area (Å²) in [5, 5.41) is 9.29. The molecule has 0 aliphatic rings. The monoisotopic (exact) mass is 178 g/mol. The molecule has 1 aromatic carbocycles. The summed E-state index contributed by atoms with van der Waals surface area (Å²) in [6.45, 7) is 3.52. The van der Waals surface area contributed by atoms with Gasteiger partial charge in [0.25, 0.3) is 0 Å². The molecular formula is C11H14O2. The number of rotatable bonds is 4. The maximum Gasteiger partial charge on any atom is 0.118 e. The largest absolute Gasteiger partial charge is 0.497 e. The molecule has 0 fully saturated rings. The van der Waals surface area contributed by atoms with Crippen molar-refractivity contribution in [3.63, 3.8) is 0 Å². The minimum absolute atomic E-state index is 0.464. The van der Waals surface area contributed by atoms with E-state index in [2.05, 4.69) is 6.58 Å². The molecular weight excluding hydrogens is 164 g/mol. The van der Waals surface area contributed by atoms with E-state index >= 15 is 0 Å². The second-order valence-electron chi connectivity index (χ2n) is 2.86. The van der Waals surface area contributed by atoms with E-state index < -0.39 is 6.10 Å². The highest BCUT2D eigenvalue weighted by atomic mass is 16.5. The van der Waals surface area contributed by atoms with Crippen molar-refractivity contribution in [1.29, 1.82) is 0 Å². The van der Waals surface area contributed by atoms with Gasteiger partial charge in [-0.05, 0) is 17.7 Å². The van der Waals surface area contributed by atoms with Crippen LogP contribution in [0.25, 0.3) is 0 Å². The topological polar surface area (TPSA) is 29.5 Å². The summed E-state index contributed by atoms with van der Waals surface area (Å²) < 4.78 is 5.02. The van der Waals surface area contributed by atoms with E-state index in [1.54, 1.807) is 7.11 Å². The van der Waals surface area contributed by atoms with Gasteiger partial charge in [0.2, 0.25) is 0 Å². The number of ether oxygens (including phenoxy) is 1. The van der Waals surface area contributed by atoms with Crippen LogP contribution in [-0.2, 0) is 6.42 Å². The van der Waals surface area contributed by atoms with Crippen molar-refractivity contribution < 1.29 is 9.84 Å². The summed E-state index contributed by atoms with van der Waals surface area (Å²) in [7, 11) is 1.63. The van der Waals surface area contributed by atoms with Gasteiger partial charge in [-0.15, -0.1) is 6.58 Å². The smallest absolute Gasteiger partial charge is 0.118 e. The third-order valence-electron chi connectivity index (χ3n) is 1.88. The zero-order valence-electron chi connectivity index (χ0n) is 7.73. The summed E-state index contributed by atoms with van der Waals surface area (Å²) in [6.07, 6.45) is 1.67. The Morgan fingerprint density at radius 2 is 2.08 bits per heavy atom. The lowest BCUT2D eigenvalue weighted by Gasteiger charge is -2.05.